The van der Waals surface area contributed by atoms with Crippen LogP contribution in [0.25, 0.3) is 11.0 Å². The van der Waals surface area contributed by atoms with Crippen molar-refractivity contribution in [2.24, 2.45) is 5.41 Å². The molecule has 7 heteroatoms. The van der Waals surface area contributed by atoms with Crippen molar-refractivity contribution in [3.05, 3.63) is 6.20 Å². The van der Waals surface area contributed by atoms with E-state index in [2.05, 4.69) is 30.8 Å². The Balaban J connectivity index is 1.75. The summed E-state index contributed by atoms with van der Waals surface area (Å²) >= 11 is 0. The molecule has 0 unspecified atom stereocenters. The van der Waals surface area contributed by atoms with E-state index in [9.17, 15) is 0 Å². The summed E-state index contributed by atoms with van der Waals surface area (Å²) in [5.41, 5.74) is 1.12. The van der Waals surface area contributed by atoms with Crippen molar-refractivity contribution >= 4 is 22.8 Å². The quantitative estimate of drug-likeness (QED) is 0.712. The van der Waals surface area contributed by atoms with Crippen LogP contribution >= 0.6 is 0 Å². The topological polar surface area (TPSA) is 87.8 Å². The highest BCUT2D eigenvalue weighted by atomic mass is 16.5. The van der Waals surface area contributed by atoms with Crippen LogP contribution in [0.5, 0.6) is 0 Å². The molecule has 0 aromatic carbocycles. The van der Waals surface area contributed by atoms with Gasteiger partial charge in [-0.2, -0.15) is 15.1 Å². The number of nitrogens with zero attached hydrogens (tertiary/aromatic N) is 3. The van der Waals surface area contributed by atoms with E-state index in [1.54, 1.807) is 13.3 Å². The average molecular weight is 276 g/mol. The molecule has 0 radical (unpaired) electrons. The van der Waals surface area contributed by atoms with Gasteiger partial charge in [-0.3, -0.25) is 5.10 Å². The molecule has 1 aliphatic carbocycles. The van der Waals surface area contributed by atoms with Crippen LogP contribution in [0, 0.1) is 5.41 Å². The number of rotatable bonds is 7. The minimum absolute atomic E-state index is 0.372. The van der Waals surface area contributed by atoms with E-state index < -0.39 is 0 Å². The fourth-order valence-corrected chi connectivity index (χ4v) is 2.36. The van der Waals surface area contributed by atoms with Gasteiger partial charge in [-0.15, -0.1) is 0 Å². The predicted molar refractivity (Wildman–Crippen MR) is 77.9 cm³/mol. The van der Waals surface area contributed by atoms with Gasteiger partial charge < -0.3 is 15.4 Å². The third-order valence-electron chi connectivity index (χ3n) is 3.96. The third-order valence-corrected chi connectivity index (χ3v) is 3.96. The van der Waals surface area contributed by atoms with Crippen molar-refractivity contribution < 1.29 is 4.74 Å². The van der Waals surface area contributed by atoms with Crippen molar-refractivity contribution in [2.45, 2.75) is 19.3 Å². The molecule has 0 saturated heterocycles. The number of aromatic amines is 1. The number of H-pyrrole nitrogens is 1. The number of hydrogen-bond donors (Lipinski definition) is 3. The van der Waals surface area contributed by atoms with Crippen LogP contribution < -0.4 is 10.6 Å². The fourth-order valence-electron chi connectivity index (χ4n) is 2.36. The molecular formula is C13H20N6O. The smallest absolute Gasteiger partial charge is 0.226 e. The molecule has 3 rings (SSSR count). The summed E-state index contributed by atoms with van der Waals surface area (Å²) in [6.07, 6.45) is 5.35. The largest absolute Gasteiger partial charge is 0.385 e. The number of anilines is 2. The normalized spacial score (nSPS) is 16.3. The van der Waals surface area contributed by atoms with Crippen LogP contribution in [0.3, 0.4) is 0 Å². The third kappa shape index (κ3) is 2.53. The Labute approximate surface area is 117 Å². The molecule has 2 aromatic rings. The van der Waals surface area contributed by atoms with Crippen molar-refractivity contribution in [3.63, 3.8) is 0 Å². The summed E-state index contributed by atoms with van der Waals surface area (Å²) in [6, 6.07) is 0. The molecular weight excluding hydrogens is 256 g/mol. The highest BCUT2D eigenvalue weighted by Crippen LogP contribution is 2.48. The molecule has 0 aliphatic heterocycles. The van der Waals surface area contributed by atoms with Crippen LogP contribution in [-0.4, -0.2) is 47.5 Å². The molecule has 2 aromatic heterocycles. The van der Waals surface area contributed by atoms with E-state index in [0.29, 0.717) is 11.4 Å². The molecule has 108 valence electrons. The summed E-state index contributed by atoms with van der Waals surface area (Å²) in [4.78, 5) is 8.80. The number of fused-ring (bicyclic) bond motifs is 1. The molecule has 0 bridgehead atoms. The number of hydrogen-bond acceptors (Lipinski definition) is 6. The highest BCUT2D eigenvalue weighted by molar-refractivity contribution is 5.86. The van der Waals surface area contributed by atoms with Gasteiger partial charge in [0.05, 0.1) is 11.6 Å². The van der Waals surface area contributed by atoms with Gasteiger partial charge in [0.1, 0.15) is 5.82 Å². The minimum Gasteiger partial charge on any atom is -0.385 e. The maximum atomic E-state index is 5.19. The zero-order valence-electron chi connectivity index (χ0n) is 11.9. The van der Waals surface area contributed by atoms with E-state index in [0.717, 1.165) is 36.4 Å². The first kappa shape index (κ1) is 13.1. The van der Waals surface area contributed by atoms with E-state index in [4.69, 9.17) is 4.74 Å². The lowest BCUT2D eigenvalue weighted by Gasteiger charge is -2.16. The molecule has 20 heavy (non-hydrogen) atoms. The zero-order chi connectivity index (χ0) is 14.0. The lowest BCUT2D eigenvalue weighted by atomic mass is 10.0. The molecule has 0 spiro atoms. The first-order valence-corrected chi connectivity index (χ1v) is 6.88. The Bertz CT molecular complexity index is 592. The Kier molecular flexibility index (Phi) is 3.43. The summed E-state index contributed by atoms with van der Waals surface area (Å²) in [7, 11) is 3.56. The molecule has 1 fully saturated rings. The van der Waals surface area contributed by atoms with Gasteiger partial charge in [0.15, 0.2) is 5.65 Å². The van der Waals surface area contributed by atoms with Gasteiger partial charge in [-0.1, -0.05) is 0 Å². The molecule has 3 N–H and O–H groups in total. The number of nitrogens with one attached hydrogen (secondary N) is 3. The van der Waals surface area contributed by atoms with E-state index in [1.165, 1.54) is 12.8 Å². The Morgan fingerprint density at radius 1 is 1.40 bits per heavy atom. The van der Waals surface area contributed by atoms with Gasteiger partial charge in [0, 0.05) is 27.3 Å². The van der Waals surface area contributed by atoms with Gasteiger partial charge in [-0.25, -0.2) is 0 Å². The number of ether oxygens (including phenoxy) is 1. The molecule has 1 saturated carbocycles. The van der Waals surface area contributed by atoms with Gasteiger partial charge >= 0.3 is 0 Å². The van der Waals surface area contributed by atoms with E-state index in [1.807, 2.05) is 7.05 Å². The maximum Gasteiger partial charge on any atom is 0.226 e. The van der Waals surface area contributed by atoms with Crippen molar-refractivity contribution in [2.75, 3.05) is 37.9 Å². The van der Waals surface area contributed by atoms with E-state index in [-0.39, 0.29) is 0 Å². The Morgan fingerprint density at radius 2 is 2.25 bits per heavy atom. The second kappa shape index (κ2) is 5.24. The van der Waals surface area contributed by atoms with E-state index >= 15 is 0 Å². The molecule has 0 atom stereocenters. The summed E-state index contributed by atoms with van der Waals surface area (Å²) in [5.74, 6) is 1.42. The first-order chi connectivity index (χ1) is 9.76. The first-order valence-electron chi connectivity index (χ1n) is 6.88. The van der Waals surface area contributed by atoms with Crippen LogP contribution in [0.15, 0.2) is 6.20 Å². The minimum atomic E-state index is 0.372. The predicted octanol–water partition coefficient (Wildman–Crippen LogP) is 1.62. The van der Waals surface area contributed by atoms with Crippen molar-refractivity contribution in [1.82, 2.24) is 20.2 Å². The summed E-state index contributed by atoms with van der Waals surface area (Å²) < 4.78 is 5.19. The van der Waals surface area contributed by atoms with Crippen molar-refractivity contribution in [3.8, 4) is 0 Å². The highest BCUT2D eigenvalue weighted by Gasteiger charge is 2.41. The van der Waals surface area contributed by atoms with Gasteiger partial charge in [0.25, 0.3) is 0 Å². The SMILES string of the molecule is CNc1nc(NCC2(CCOC)CC2)c2cn[nH]c2n1. The molecule has 0 amide bonds. The zero-order valence-corrected chi connectivity index (χ0v) is 11.9. The standard InChI is InChI=1S/C13H20N6O/c1-14-12-17-10(9-7-16-19-11(9)18-12)15-8-13(3-4-13)5-6-20-2/h7H,3-6,8H2,1-2H3,(H3,14,15,16,17,18,19). The van der Waals surface area contributed by atoms with Crippen LogP contribution in [0.4, 0.5) is 11.8 Å². The van der Waals surface area contributed by atoms with Crippen LogP contribution in [-0.2, 0) is 4.74 Å². The molecule has 7 nitrogen and oxygen atoms in total. The Morgan fingerprint density at radius 3 is 2.95 bits per heavy atom. The Hall–Kier alpha value is -1.89. The molecule has 2 heterocycles. The monoisotopic (exact) mass is 276 g/mol. The van der Waals surface area contributed by atoms with Gasteiger partial charge in [-0.05, 0) is 24.7 Å². The summed E-state index contributed by atoms with van der Waals surface area (Å²) in [5, 5.41) is 14.3. The number of aromatic nitrogens is 4. The van der Waals surface area contributed by atoms with Gasteiger partial charge in [0.2, 0.25) is 5.95 Å². The van der Waals surface area contributed by atoms with Crippen molar-refractivity contribution in [1.29, 1.82) is 0 Å². The summed E-state index contributed by atoms with van der Waals surface area (Å²) in [6.45, 7) is 1.73. The molecule has 1 aliphatic rings. The number of methoxy groups -OCH3 is 1. The van der Waals surface area contributed by atoms with Crippen LogP contribution in [0.2, 0.25) is 0 Å². The average Bonchev–Trinajstić information content (AvgIpc) is 3.09. The lowest BCUT2D eigenvalue weighted by molar-refractivity contribution is 0.175. The van der Waals surface area contributed by atoms with Crippen LogP contribution in [0.1, 0.15) is 19.3 Å². The second-order valence-corrected chi connectivity index (χ2v) is 5.37. The maximum absolute atomic E-state index is 5.19. The lowest BCUT2D eigenvalue weighted by Crippen LogP contribution is -2.18. The second-order valence-electron chi connectivity index (χ2n) is 5.37. The fraction of sp³-hybridized carbons (Fsp3) is 0.615.